The SMILES string of the molecule is CC.CC.CC.CC.[B]C.[CH3-].[Y].c1ccc(-c2nc(-c3ccccc3)c(-c3ccncc3)[nH]2)cc1. The van der Waals surface area contributed by atoms with Crippen LogP contribution in [0.2, 0.25) is 6.82 Å². The third-order valence-corrected chi connectivity index (χ3v) is 3.77. The summed E-state index contributed by atoms with van der Waals surface area (Å²) in [5, 5.41) is 0. The molecule has 2 heterocycles. The molecule has 1 N–H and O–H groups in total. The van der Waals surface area contributed by atoms with Crippen LogP contribution in [0.25, 0.3) is 33.9 Å². The van der Waals surface area contributed by atoms with Crippen LogP contribution in [-0.2, 0) is 32.7 Å². The quantitative estimate of drug-likeness (QED) is 0.205. The number of hydrogen-bond donors (Lipinski definition) is 1. The zero-order valence-corrected chi connectivity index (χ0v) is 26.5. The molecule has 0 aliphatic rings. The normalized spacial score (nSPS) is 7.80. The minimum atomic E-state index is 0. The fourth-order valence-electron chi connectivity index (χ4n) is 2.64. The van der Waals surface area contributed by atoms with Gasteiger partial charge in [0.1, 0.15) is 5.82 Å². The smallest absolute Gasteiger partial charge is 0.138 e. The number of nitrogens with one attached hydrogen (secondary N) is 1. The molecule has 3 nitrogen and oxygen atoms in total. The Labute approximate surface area is 242 Å². The fraction of sp³-hybridized carbons (Fsp3) is 0.300. The molecule has 0 aliphatic carbocycles. The van der Waals surface area contributed by atoms with Crippen LogP contribution < -0.4 is 0 Å². The van der Waals surface area contributed by atoms with Crippen LogP contribution in [0.15, 0.2) is 85.2 Å². The van der Waals surface area contributed by atoms with Gasteiger partial charge in [0.2, 0.25) is 0 Å². The van der Waals surface area contributed by atoms with E-state index in [1.165, 1.54) is 6.82 Å². The van der Waals surface area contributed by atoms with Crippen molar-refractivity contribution in [1.82, 2.24) is 15.0 Å². The Bertz CT molecular complexity index is 855. The Morgan fingerprint density at radius 3 is 1.40 bits per heavy atom. The van der Waals surface area contributed by atoms with Gasteiger partial charge >= 0.3 is 0 Å². The number of aromatic nitrogens is 3. The first-order valence-electron chi connectivity index (χ1n) is 12.1. The Hall–Kier alpha value is -2.03. The molecule has 2 aromatic carbocycles. The van der Waals surface area contributed by atoms with E-state index in [9.17, 15) is 0 Å². The molecule has 0 spiro atoms. The molecule has 0 fully saturated rings. The number of H-pyrrole nitrogens is 1. The molecule has 5 heteroatoms. The van der Waals surface area contributed by atoms with Gasteiger partial charge in [0, 0.05) is 61.8 Å². The van der Waals surface area contributed by atoms with E-state index in [2.05, 4.69) is 42.1 Å². The molecule has 0 bridgehead atoms. The second-order valence-corrected chi connectivity index (χ2v) is 5.28. The average molecular weight is 547 g/mol. The maximum absolute atomic E-state index is 4.85. The van der Waals surface area contributed by atoms with Gasteiger partial charge in [-0.25, -0.2) is 4.98 Å². The van der Waals surface area contributed by atoms with Gasteiger partial charge in [0.25, 0.3) is 0 Å². The first-order chi connectivity index (χ1) is 16.4. The Morgan fingerprint density at radius 1 is 0.571 bits per heavy atom. The number of pyridine rings is 1. The van der Waals surface area contributed by atoms with Crippen LogP contribution in [0.4, 0.5) is 0 Å². The standard InChI is InChI=1S/C20H15N3.4C2H6.CH3B.CH3.Y/c1-3-7-15(8-4-1)18-19(16-11-13-21-14-12-16)23-20(22-18)17-9-5-2-6-10-17;5*1-2;;/h1-14H,(H,22,23);4*1-2H3;1H3;1H3;/q;;;;;;-1;. The van der Waals surface area contributed by atoms with Crippen molar-refractivity contribution in [2.75, 3.05) is 0 Å². The van der Waals surface area contributed by atoms with E-state index in [4.69, 9.17) is 4.98 Å². The molecule has 4 aromatic rings. The molecule has 0 unspecified atom stereocenters. The molecule has 3 radical (unpaired) electrons. The Kier molecular flexibility index (Phi) is 32.4. The van der Waals surface area contributed by atoms with Gasteiger partial charge in [0.05, 0.1) is 19.2 Å². The van der Waals surface area contributed by atoms with E-state index in [0.717, 1.165) is 33.9 Å². The zero-order chi connectivity index (χ0) is 25.5. The van der Waals surface area contributed by atoms with Crippen molar-refractivity contribution in [3.8, 4) is 33.9 Å². The Balaban J connectivity index is -0.000000359. The van der Waals surface area contributed by atoms with Gasteiger partial charge in [-0.05, 0) is 12.1 Å². The van der Waals surface area contributed by atoms with E-state index in [1.807, 2.05) is 104 Å². The summed E-state index contributed by atoms with van der Waals surface area (Å²) >= 11 is 0. The van der Waals surface area contributed by atoms with Crippen molar-refractivity contribution < 1.29 is 32.7 Å². The van der Waals surface area contributed by atoms with Crippen molar-refractivity contribution in [1.29, 1.82) is 0 Å². The van der Waals surface area contributed by atoms with Crippen LogP contribution in [0.1, 0.15) is 55.4 Å². The van der Waals surface area contributed by atoms with Gasteiger partial charge in [-0.3, -0.25) is 4.98 Å². The molecule has 0 amide bonds. The minimum Gasteiger partial charge on any atom is -0.358 e. The van der Waals surface area contributed by atoms with Crippen LogP contribution in [0.5, 0.6) is 0 Å². The first kappa shape index (κ1) is 40.2. The number of nitrogens with zero attached hydrogens (tertiary/aromatic N) is 2. The molecule has 35 heavy (non-hydrogen) atoms. The Morgan fingerprint density at radius 2 is 0.971 bits per heavy atom. The third kappa shape index (κ3) is 13.6. The van der Waals surface area contributed by atoms with Gasteiger partial charge in [-0.1, -0.05) is 123 Å². The van der Waals surface area contributed by atoms with Crippen molar-refractivity contribution in [3.63, 3.8) is 0 Å². The summed E-state index contributed by atoms with van der Waals surface area (Å²) in [6.45, 7) is 17.5. The first-order valence-corrected chi connectivity index (χ1v) is 12.1. The van der Waals surface area contributed by atoms with Crippen molar-refractivity contribution in [3.05, 3.63) is 92.6 Å². The summed E-state index contributed by atoms with van der Waals surface area (Å²) in [6, 6.07) is 24.4. The van der Waals surface area contributed by atoms with E-state index in [0.29, 0.717) is 0 Å². The van der Waals surface area contributed by atoms with Crippen LogP contribution in [0.3, 0.4) is 0 Å². The van der Waals surface area contributed by atoms with Crippen LogP contribution >= 0.6 is 0 Å². The van der Waals surface area contributed by atoms with E-state index < -0.39 is 0 Å². The summed E-state index contributed by atoms with van der Waals surface area (Å²) in [7, 11) is 4.50. The van der Waals surface area contributed by atoms with Crippen LogP contribution in [-0.4, -0.2) is 22.8 Å². The molecule has 0 atom stereocenters. The molecule has 0 saturated heterocycles. The second kappa shape index (κ2) is 28.2. The maximum atomic E-state index is 4.85. The summed E-state index contributed by atoms with van der Waals surface area (Å²) in [5.41, 5.74) is 5.21. The molecule has 0 aliphatic heterocycles. The van der Waals surface area contributed by atoms with Crippen molar-refractivity contribution >= 4 is 7.85 Å². The molecular weight excluding hydrogens is 502 g/mol. The molecule has 0 saturated carbocycles. The third-order valence-electron chi connectivity index (χ3n) is 3.77. The number of rotatable bonds is 3. The van der Waals surface area contributed by atoms with E-state index in [1.54, 1.807) is 12.4 Å². The van der Waals surface area contributed by atoms with Crippen molar-refractivity contribution in [2.45, 2.75) is 62.2 Å². The molecule has 187 valence electrons. The molecular formula is C30H45BN3Y-. The fourth-order valence-corrected chi connectivity index (χ4v) is 2.64. The summed E-state index contributed by atoms with van der Waals surface area (Å²) in [4.78, 5) is 12.4. The monoisotopic (exact) mass is 547 g/mol. The van der Waals surface area contributed by atoms with Crippen LogP contribution in [0, 0.1) is 7.43 Å². The van der Waals surface area contributed by atoms with Gasteiger partial charge < -0.3 is 12.4 Å². The van der Waals surface area contributed by atoms with E-state index >= 15 is 0 Å². The summed E-state index contributed by atoms with van der Waals surface area (Å²) < 4.78 is 0. The van der Waals surface area contributed by atoms with E-state index in [-0.39, 0.29) is 40.1 Å². The van der Waals surface area contributed by atoms with Crippen molar-refractivity contribution in [2.24, 2.45) is 0 Å². The number of aromatic amines is 1. The predicted molar refractivity (Wildman–Crippen MR) is 156 cm³/mol. The zero-order valence-electron chi connectivity index (χ0n) is 23.6. The van der Waals surface area contributed by atoms with Gasteiger partial charge in [-0.15, -0.1) is 0 Å². The number of imidazole rings is 1. The topological polar surface area (TPSA) is 41.6 Å². The molecule has 2 aromatic heterocycles. The maximum Gasteiger partial charge on any atom is 0.138 e. The van der Waals surface area contributed by atoms with Gasteiger partial charge in [-0.2, -0.15) is 0 Å². The molecule has 4 rings (SSSR count). The number of hydrogen-bond acceptors (Lipinski definition) is 2. The predicted octanol–water partition coefficient (Wildman–Crippen LogP) is 9.56. The number of benzene rings is 2. The van der Waals surface area contributed by atoms with Gasteiger partial charge in [0.15, 0.2) is 0 Å². The summed E-state index contributed by atoms with van der Waals surface area (Å²) in [5.74, 6) is 0.872. The average Bonchev–Trinajstić information content (AvgIpc) is 3.42. The second-order valence-electron chi connectivity index (χ2n) is 5.28. The minimum absolute atomic E-state index is 0. The largest absolute Gasteiger partial charge is 0.358 e. The summed E-state index contributed by atoms with van der Waals surface area (Å²) in [6.07, 6.45) is 3.60.